The zero-order valence-electron chi connectivity index (χ0n) is 25.1. The molecule has 0 saturated carbocycles. The maximum Gasteiger partial charge on any atom is 0.266 e. The van der Waals surface area contributed by atoms with Gasteiger partial charge < -0.3 is 10.2 Å². The summed E-state index contributed by atoms with van der Waals surface area (Å²) >= 11 is 0. The van der Waals surface area contributed by atoms with Crippen molar-refractivity contribution < 1.29 is 8.81 Å². The standard InChI is InChI=1S/C38H28FN7O/c39-31-19-16-26(17-20-31)36-32(27-18-21-34-41-23-33(45(34)24-27)37-43-42-35(22-40)47-37)25-46(44-36)38(28-10-4-1-5-11-28,29-12-6-2-7-13-29)30-14-8-3-9-15-30/h1-21,23-25H,22,40H2. The monoisotopic (exact) mass is 617 g/mol. The van der Waals surface area contributed by atoms with Crippen LogP contribution in [0.4, 0.5) is 4.39 Å². The van der Waals surface area contributed by atoms with Crippen LogP contribution in [0.15, 0.2) is 150 Å². The number of hydrogen-bond acceptors (Lipinski definition) is 6. The molecule has 0 saturated heterocycles. The molecule has 4 aromatic carbocycles. The molecule has 8 rings (SSSR count). The molecule has 0 fully saturated rings. The number of benzene rings is 4. The number of hydrogen-bond donors (Lipinski definition) is 1. The number of imidazole rings is 1. The maximum absolute atomic E-state index is 14.2. The second-order valence-electron chi connectivity index (χ2n) is 11.1. The van der Waals surface area contributed by atoms with Crippen molar-refractivity contribution >= 4 is 5.65 Å². The minimum Gasteiger partial charge on any atom is -0.418 e. The summed E-state index contributed by atoms with van der Waals surface area (Å²) in [4.78, 5) is 4.56. The molecule has 4 heterocycles. The van der Waals surface area contributed by atoms with E-state index in [9.17, 15) is 4.39 Å². The lowest BCUT2D eigenvalue weighted by molar-refractivity contribution is 0.461. The van der Waals surface area contributed by atoms with Gasteiger partial charge in [-0.15, -0.1) is 10.2 Å². The van der Waals surface area contributed by atoms with Crippen LogP contribution in [-0.4, -0.2) is 29.4 Å². The smallest absolute Gasteiger partial charge is 0.266 e. The van der Waals surface area contributed by atoms with Gasteiger partial charge in [-0.05, 0) is 53.1 Å². The molecule has 0 spiro atoms. The lowest BCUT2D eigenvalue weighted by Gasteiger charge is -2.36. The number of nitrogens with two attached hydrogens (primary N) is 1. The van der Waals surface area contributed by atoms with Gasteiger partial charge in [0.2, 0.25) is 5.89 Å². The van der Waals surface area contributed by atoms with Crippen LogP contribution >= 0.6 is 0 Å². The Morgan fingerprint density at radius 1 is 0.681 bits per heavy atom. The van der Waals surface area contributed by atoms with Crippen molar-refractivity contribution in [3.63, 3.8) is 0 Å². The van der Waals surface area contributed by atoms with Gasteiger partial charge >= 0.3 is 0 Å². The summed E-state index contributed by atoms with van der Waals surface area (Å²) in [6.45, 7) is 0.140. The second kappa shape index (κ2) is 11.6. The fourth-order valence-corrected chi connectivity index (χ4v) is 6.25. The van der Waals surface area contributed by atoms with E-state index in [1.165, 1.54) is 12.1 Å². The molecule has 0 aliphatic rings. The zero-order chi connectivity index (χ0) is 31.8. The van der Waals surface area contributed by atoms with E-state index in [1.807, 2.05) is 82.0 Å². The molecule has 0 bridgehead atoms. The molecule has 47 heavy (non-hydrogen) atoms. The Balaban J connectivity index is 1.42. The van der Waals surface area contributed by atoms with Gasteiger partial charge in [0.05, 0.1) is 12.7 Å². The summed E-state index contributed by atoms with van der Waals surface area (Å²) < 4.78 is 23.9. The van der Waals surface area contributed by atoms with Crippen LogP contribution in [0.2, 0.25) is 0 Å². The zero-order valence-corrected chi connectivity index (χ0v) is 25.1. The highest BCUT2D eigenvalue weighted by atomic mass is 19.1. The van der Waals surface area contributed by atoms with Gasteiger partial charge in [-0.25, -0.2) is 9.37 Å². The van der Waals surface area contributed by atoms with Crippen molar-refractivity contribution in [1.29, 1.82) is 0 Å². The van der Waals surface area contributed by atoms with Crippen LogP contribution in [0.1, 0.15) is 22.6 Å². The third kappa shape index (κ3) is 4.81. The van der Waals surface area contributed by atoms with E-state index in [2.05, 4.69) is 57.8 Å². The van der Waals surface area contributed by atoms with E-state index in [0.29, 0.717) is 28.8 Å². The molecule has 0 aliphatic carbocycles. The summed E-state index contributed by atoms with van der Waals surface area (Å²) in [7, 11) is 0. The normalized spacial score (nSPS) is 11.7. The van der Waals surface area contributed by atoms with Gasteiger partial charge in [-0.3, -0.25) is 9.08 Å². The van der Waals surface area contributed by atoms with Crippen molar-refractivity contribution in [2.75, 3.05) is 0 Å². The highest BCUT2D eigenvalue weighted by Crippen LogP contribution is 2.43. The Labute approximate surface area is 269 Å². The van der Waals surface area contributed by atoms with Gasteiger partial charge in [0.25, 0.3) is 5.89 Å². The van der Waals surface area contributed by atoms with Crippen molar-refractivity contribution in [2.45, 2.75) is 12.1 Å². The third-order valence-corrected chi connectivity index (χ3v) is 8.43. The molecule has 8 aromatic rings. The lowest BCUT2D eigenvalue weighted by Crippen LogP contribution is -2.38. The largest absolute Gasteiger partial charge is 0.418 e. The Hall–Kier alpha value is -6.19. The molecule has 0 amide bonds. The molecule has 8 nitrogen and oxygen atoms in total. The molecule has 0 radical (unpaired) electrons. The van der Waals surface area contributed by atoms with Crippen molar-refractivity contribution in [3.8, 4) is 34.0 Å². The Bertz CT molecular complexity index is 2200. The molecular formula is C38H28FN7O. The molecule has 2 N–H and O–H groups in total. The number of halogens is 1. The number of rotatable bonds is 8. The van der Waals surface area contributed by atoms with Gasteiger partial charge in [-0.1, -0.05) is 91.0 Å². The second-order valence-corrected chi connectivity index (χ2v) is 11.1. The molecule has 0 aliphatic heterocycles. The van der Waals surface area contributed by atoms with Crippen LogP contribution in [0, 0.1) is 5.82 Å². The van der Waals surface area contributed by atoms with E-state index in [1.54, 1.807) is 18.3 Å². The molecule has 4 aromatic heterocycles. The lowest BCUT2D eigenvalue weighted by atomic mass is 9.77. The molecule has 228 valence electrons. The Morgan fingerprint density at radius 2 is 1.28 bits per heavy atom. The fraction of sp³-hybridized carbons (Fsp3) is 0.0526. The molecule has 9 heteroatoms. The van der Waals surface area contributed by atoms with Crippen LogP contribution < -0.4 is 5.73 Å². The SMILES string of the molecule is NCc1nnc(-c2cnc3ccc(-c4cn(C(c5ccccc5)(c5ccccc5)c5ccccc5)nc4-c4ccc(F)cc4)cn23)o1. The molecular weight excluding hydrogens is 589 g/mol. The third-order valence-electron chi connectivity index (χ3n) is 8.43. The average molecular weight is 618 g/mol. The first-order valence-electron chi connectivity index (χ1n) is 15.2. The van der Waals surface area contributed by atoms with E-state index in [-0.39, 0.29) is 12.4 Å². The minimum atomic E-state index is -0.844. The van der Waals surface area contributed by atoms with Gasteiger partial charge in [0.15, 0.2) is 0 Å². The van der Waals surface area contributed by atoms with E-state index in [0.717, 1.165) is 33.4 Å². The molecule has 0 unspecified atom stereocenters. The van der Waals surface area contributed by atoms with Crippen LogP contribution in [-0.2, 0) is 12.1 Å². The summed E-state index contributed by atoms with van der Waals surface area (Å²) in [6.07, 6.45) is 5.75. The minimum absolute atomic E-state index is 0.140. The van der Waals surface area contributed by atoms with Crippen molar-refractivity contribution in [1.82, 2.24) is 29.4 Å². The summed E-state index contributed by atoms with van der Waals surface area (Å²) in [5.41, 5.74) is 12.5. The first-order valence-corrected chi connectivity index (χ1v) is 15.2. The number of pyridine rings is 1. The number of fused-ring (bicyclic) bond motifs is 1. The summed E-state index contributed by atoms with van der Waals surface area (Å²) in [5.74, 6) is 0.341. The highest BCUT2D eigenvalue weighted by Gasteiger charge is 2.40. The maximum atomic E-state index is 14.2. The first kappa shape index (κ1) is 28.3. The summed E-state index contributed by atoms with van der Waals surface area (Å²) in [5, 5.41) is 13.6. The van der Waals surface area contributed by atoms with E-state index >= 15 is 0 Å². The summed E-state index contributed by atoms with van der Waals surface area (Å²) in [6, 6.07) is 41.5. The van der Waals surface area contributed by atoms with Crippen molar-refractivity contribution in [2.24, 2.45) is 5.73 Å². The average Bonchev–Trinajstić information content (AvgIpc) is 3.89. The van der Waals surface area contributed by atoms with Crippen LogP contribution in [0.25, 0.3) is 39.6 Å². The quantitative estimate of drug-likeness (QED) is 0.179. The predicted molar refractivity (Wildman–Crippen MR) is 178 cm³/mol. The van der Waals surface area contributed by atoms with Gasteiger partial charge in [-0.2, -0.15) is 5.10 Å². The Morgan fingerprint density at radius 3 is 1.85 bits per heavy atom. The van der Waals surface area contributed by atoms with Crippen molar-refractivity contribution in [3.05, 3.63) is 174 Å². The van der Waals surface area contributed by atoms with E-state index < -0.39 is 5.54 Å². The van der Waals surface area contributed by atoms with E-state index in [4.69, 9.17) is 15.2 Å². The highest BCUT2D eigenvalue weighted by molar-refractivity contribution is 5.81. The number of nitrogens with zero attached hydrogens (tertiary/aromatic N) is 6. The Kier molecular flexibility index (Phi) is 7.00. The van der Waals surface area contributed by atoms with Gasteiger partial charge in [0, 0.05) is 29.1 Å². The van der Waals surface area contributed by atoms with Crippen LogP contribution in [0.5, 0.6) is 0 Å². The van der Waals surface area contributed by atoms with Crippen LogP contribution in [0.3, 0.4) is 0 Å². The number of aromatic nitrogens is 6. The molecule has 0 atom stereocenters. The first-order chi connectivity index (χ1) is 23.1. The fourth-order valence-electron chi connectivity index (χ4n) is 6.25. The predicted octanol–water partition coefficient (Wildman–Crippen LogP) is 7.35. The topological polar surface area (TPSA) is 100 Å². The van der Waals surface area contributed by atoms with Gasteiger partial charge in [0.1, 0.15) is 28.4 Å².